The van der Waals surface area contributed by atoms with Gasteiger partial charge in [0.2, 0.25) is 10.0 Å². The van der Waals surface area contributed by atoms with Crippen LogP contribution < -0.4 is 9.47 Å². The second kappa shape index (κ2) is 9.18. The average Bonchev–Trinajstić information content (AvgIpc) is 2.78. The van der Waals surface area contributed by atoms with Gasteiger partial charge < -0.3 is 9.47 Å². The highest BCUT2D eigenvalue weighted by Crippen LogP contribution is 2.34. The van der Waals surface area contributed by atoms with E-state index in [1.807, 2.05) is 19.1 Å². The van der Waals surface area contributed by atoms with Gasteiger partial charge in [-0.1, -0.05) is 12.1 Å². The molecule has 2 aromatic carbocycles. The van der Waals surface area contributed by atoms with E-state index in [0.717, 1.165) is 56.0 Å². The minimum Gasteiger partial charge on any atom is -0.493 e. The topological polar surface area (TPSA) is 59.1 Å². The molecule has 2 heterocycles. The summed E-state index contributed by atoms with van der Waals surface area (Å²) in [6.45, 7) is 5.86. The highest BCUT2D eigenvalue weighted by molar-refractivity contribution is 7.89. The Morgan fingerprint density at radius 3 is 2.48 bits per heavy atom. The fourth-order valence-electron chi connectivity index (χ4n) is 4.78. The van der Waals surface area contributed by atoms with Gasteiger partial charge in [-0.2, -0.15) is 4.31 Å². The summed E-state index contributed by atoms with van der Waals surface area (Å²) in [7, 11) is -0.111. The lowest BCUT2D eigenvalue weighted by Gasteiger charge is -2.37. The zero-order valence-corrected chi connectivity index (χ0v) is 19.5. The minimum atomic E-state index is -3.44. The molecular formula is C24H32N2O4S. The van der Waals surface area contributed by atoms with Crippen LogP contribution in [0.5, 0.6) is 11.5 Å². The second-order valence-corrected chi connectivity index (χ2v) is 10.6. The van der Waals surface area contributed by atoms with E-state index in [4.69, 9.17) is 9.47 Å². The molecule has 2 aliphatic heterocycles. The lowest BCUT2D eigenvalue weighted by atomic mass is 9.95. The summed E-state index contributed by atoms with van der Waals surface area (Å²) in [6.07, 6.45) is 2.94. The van der Waals surface area contributed by atoms with Crippen LogP contribution in [-0.4, -0.2) is 58.0 Å². The van der Waals surface area contributed by atoms with E-state index in [1.165, 1.54) is 11.1 Å². The second-order valence-electron chi connectivity index (χ2n) is 8.65. The van der Waals surface area contributed by atoms with Crippen molar-refractivity contribution in [1.82, 2.24) is 9.21 Å². The molecule has 1 fully saturated rings. The maximum atomic E-state index is 13.2. The number of methoxy groups -OCH3 is 2. The van der Waals surface area contributed by atoms with Crippen molar-refractivity contribution in [3.8, 4) is 11.5 Å². The Kier molecular flexibility index (Phi) is 6.55. The van der Waals surface area contributed by atoms with Crippen LogP contribution in [0.3, 0.4) is 0 Å². The predicted octanol–water partition coefficient (Wildman–Crippen LogP) is 3.47. The lowest BCUT2D eigenvalue weighted by molar-refractivity contribution is 0.167. The Morgan fingerprint density at radius 1 is 1.03 bits per heavy atom. The standard InChI is InChI=1S/C24H32N2O4S/c1-18-6-4-8-22(12-18)31(27,28)26-10-5-7-19(16-26)15-25-11-9-20-13-23(29-2)24(30-3)14-21(20)17-25/h4,6,8,12-14,19H,5,7,9-11,15-17H2,1-3H3. The molecule has 0 radical (unpaired) electrons. The van der Waals surface area contributed by atoms with Crippen LogP contribution in [0.2, 0.25) is 0 Å². The molecule has 1 atom stereocenters. The van der Waals surface area contributed by atoms with E-state index in [-0.39, 0.29) is 0 Å². The summed E-state index contributed by atoms with van der Waals surface area (Å²) in [5, 5.41) is 0. The first kappa shape index (κ1) is 22.1. The first-order chi connectivity index (χ1) is 14.9. The monoisotopic (exact) mass is 444 g/mol. The normalized spacial score (nSPS) is 20.3. The molecule has 6 nitrogen and oxygen atoms in total. The van der Waals surface area contributed by atoms with Gasteiger partial charge in [-0.05, 0) is 73.1 Å². The van der Waals surface area contributed by atoms with Gasteiger partial charge >= 0.3 is 0 Å². The lowest BCUT2D eigenvalue weighted by Crippen LogP contribution is -2.44. The third-order valence-corrected chi connectivity index (χ3v) is 8.28. The molecule has 0 aliphatic carbocycles. The molecular weight excluding hydrogens is 412 g/mol. The fraction of sp³-hybridized carbons (Fsp3) is 0.500. The fourth-order valence-corrected chi connectivity index (χ4v) is 6.44. The van der Waals surface area contributed by atoms with Gasteiger partial charge in [0, 0.05) is 32.7 Å². The number of ether oxygens (including phenoxy) is 2. The summed E-state index contributed by atoms with van der Waals surface area (Å²) in [5.41, 5.74) is 3.54. The Labute approximate surface area is 185 Å². The van der Waals surface area contributed by atoms with Crippen LogP contribution in [-0.2, 0) is 23.0 Å². The smallest absolute Gasteiger partial charge is 0.243 e. The number of hydrogen-bond donors (Lipinski definition) is 0. The molecule has 0 bridgehead atoms. The van der Waals surface area contributed by atoms with E-state index < -0.39 is 10.0 Å². The minimum absolute atomic E-state index is 0.343. The highest BCUT2D eigenvalue weighted by atomic mass is 32.2. The summed E-state index contributed by atoms with van der Waals surface area (Å²) in [5.74, 6) is 1.88. The number of nitrogens with zero attached hydrogens (tertiary/aromatic N) is 2. The highest BCUT2D eigenvalue weighted by Gasteiger charge is 2.31. The summed E-state index contributed by atoms with van der Waals surface area (Å²) in [6, 6.07) is 11.4. The van der Waals surface area contributed by atoms with E-state index in [1.54, 1.807) is 30.7 Å². The Bertz CT molecular complexity index is 1040. The van der Waals surface area contributed by atoms with Gasteiger partial charge in [-0.3, -0.25) is 4.90 Å². The SMILES string of the molecule is COc1cc2c(cc1OC)CN(CC1CCCN(S(=O)(=O)c3cccc(C)c3)C1)CC2. The van der Waals surface area contributed by atoms with Gasteiger partial charge in [-0.25, -0.2) is 8.42 Å². The molecule has 1 unspecified atom stereocenters. The molecule has 168 valence electrons. The number of piperidine rings is 1. The zero-order valence-electron chi connectivity index (χ0n) is 18.6. The van der Waals surface area contributed by atoms with Crippen molar-refractivity contribution in [3.63, 3.8) is 0 Å². The third kappa shape index (κ3) is 4.73. The van der Waals surface area contributed by atoms with Gasteiger partial charge in [0.25, 0.3) is 0 Å². The van der Waals surface area contributed by atoms with Crippen LogP contribution >= 0.6 is 0 Å². The van der Waals surface area contributed by atoms with Crippen molar-refractivity contribution in [2.24, 2.45) is 5.92 Å². The number of benzene rings is 2. The summed E-state index contributed by atoms with van der Waals surface area (Å²) >= 11 is 0. The largest absolute Gasteiger partial charge is 0.493 e. The van der Waals surface area contributed by atoms with Crippen molar-refractivity contribution < 1.29 is 17.9 Å². The number of aryl methyl sites for hydroxylation is 1. The van der Waals surface area contributed by atoms with Crippen molar-refractivity contribution >= 4 is 10.0 Å². The third-order valence-electron chi connectivity index (χ3n) is 6.42. The molecule has 31 heavy (non-hydrogen) atoms. The molecule has 2 aromatic rings. The molecule has 0 amide bonds. The average molecular weight is 445 g/mol. The number of rotatable bonds is 6. The first-order valence-electron chi connectivity index (χ1n) is 10.9. The van der Waals surface area contributed by atoms with Crippen molar-refractivity contribution in [2.45, 2.75) is 37.6 Å². The maximum Gasteiger partial charge on any atom is 0.243 e. The predicted molar refractivity (Wildman–Crippen MR) is 121 cm³/mol. The molecule has 0 N–H and O–H groups in total. The van der Waals surface area contributed by atoms with E-state index in [9.17, 15) is 8.42 Å². The quantitative estimate of drug-likeness (QED) is 0.683. The summed E-state index contributed by atoms with van der Waals surface area (Å²) < 4.78 is 38.9. The van der Waals surface area contributed by atoms with E-state index in [0.29, 0.717) is 23.9 Å². The summed E-state index contributed by atoms with van der Waals surface area (Å²) in [4.78, 5) is 2.85. The Hall–Kier alpha value is -2.09. The van der Waals surface area contributed by atoms with Crippen LogP contribution in [0.4, 0.5) is 0 Å². The Balaban J connectivity index is 1.44. The van der Waals surface area contributed by atoms with E-state index >= 15 is 0 Å². The molecule has 2 aliphatic rings. The van der Waals surface area contributed by atoms with E-state index in [2.05, 4.69) is 17.0 Å². The zero-order chi connectivity index (χ0) is 22.0. The van der Waals surface area contributed by atoms with Gasteiger partial charge in [-0.15, -0.1) is 0 Å². The Morgan fingerprint density at radius 2 is 1.77 bits per heavy atom. The van der Waals surface area contributed by atoms with Crippen LogP contribution in [0.1, 0.15) is 29.5 Å². The molecule has 0 aromatic heterocycles. The molecule has 7 heteroatoms. The van der Waals surface area contributed by atoms with Crippen LogP contribution in [0.15, 0.2) is 41.3 Å². The number of hydrogen-bond acceptors (Lipinski definition) is 5. The van der Waals surface area contributed by atoms with Crippen molar-refractivity contribution in [1.29, 1.82) is 0 Å². The molecule has 1 saturated heterocycles. The van der Waals surface area contributed by atoms with Crippen LogP contribution in [0.25, 0.3) is 0 Å². The molecule has 0 spiro atoms. The van der Waals surface area contributed by atoms with Gasteiger partial charge in [0.1, 0.15) is 0 Å². The molecule has 0 saturated carbocycles. The number of fused-ring (bicyclic) bond motifs is 1. The van der Waals surface area contributed by atoms with Crippen LogP contribution in [0, 0.1) is 12.8 Å². The first-order valence-corrected chi connectivity index (χ1v) is 12.4. The van der Waals surface area contributed by atoms with Gasteiger partial charge in [0.15, 0.2) is 11.5 Å². The maximum absolute atomic E-state index is 13.2. The van der Waals surface area contributed by atoms with Crippen molar-refractivity contribution in [2.75, 3.05) is 40.4 Å². The van der Waals surface area contributed by atoms with Crippen molar-refractivity contribution in [3.05, 3.63) is 53.1 Å². The molecule has 4 rings (SSSR count). The number of sulfonamides is 1. The van der Waals surface area contributed by atoms with Gasteiger partial charge in [0.05, 0.1) is 19.1 Å².